The maximum Gasteiger partial charge on any atom is 0.190 e. The number of halogens is 1. The van der Waals surface area contributed by atoms with Gasteiger partial charge in [0.05, 0.1) is 0 Å². The highest BCUT2D eigenvalue weighted by Crippen LogP contribution is 2.17. The molecule has 0 spiro atoms. The number of unbranched alkanes of at least 4 members (excludes halogenated alkanes) is 1. The second-order valence-electron chi connectivity index (χ2n) is 6.27. The van der Waals surface area contributed by atoms with Crippen LogP contribution < -0.4 is 10.6 Å². The lowest BCUT2D eigenvalue weighted by atomic mass is 10.1. The number of fused-ring (bicyclic) bond motifs is 1. The number of rotatable bonds is 10. The van der Waals surface area contributed by atoms with E-state index in [0.717, 1.165) is 38.6 Å². The van der Waals surface area contributed by atoms with Gasteiger partial charge < -0.3 is 20.5 Å². The van der Waals surface area contributed by atoms with Gasteiger partial charge in [0, 0.05) is 37.2 Å². The van der Waals surface area contributed by atoms with E-state index in [1.165, 1.54) is 35.9 Å². The first-order valence-corrected chi connectivity index (χ1v) is 9.50. The highest BCUT2D eigenvalue weighted by Gasteiger charge is 2.03. The minimum absolute atomic E-state index is 0. The molecule has 0 amide bonds. The molecule has 0 aliphatic carbocycles. The zero-order valence-corrected chi connectivity index (χ0v) is 18.7. The van der Waals surface area contributed by atoms with Gasteiger partial charge in [0.2, 0.25) is 0 Å². The molecular weight excluding hydrogens is 437 g/mol. The van der Waals surface area contributed by atoms with Gasteiger partial charge in [-0.1, -0.05) is 32.0 Å². The van der Waals surface area contributed by atoms with E-state index in [4.69, 9.17) is 0 Å². The Morgan fingerprint density at radius 3 is 2.54 bits per heavy atom. The smallest absolute Gasteiger partial charge is 0.190 e. The molecular formula is C20H34IN5. The van der Waals surface area contributed by atoms with Gasteiger partial charge in [-0.25, -0.2) is 0 Å². The number of nitrogens with one attached hydrogen (secondary N) is 3. The fourth-order valence-electron chi connectivity index (χ4n) is 3.08. The fraction of sp³-hybridized carbons (Fsp3) is 0.550. The summed E-state index contributed by atoms with van der Waals surface area (Å²) in [7, 11) is 1.83. The fourth-order valence-corrected chi connectivity index (χ4v) is 3.08. The third kappa shape index (κ3) is 7.15. The Kier molecular flexibility index (Phi) is 11.4. The summed E-state index contributed by atoms with van der Waals surface area (Å²) in [5.74, 6) is 0.891. The zero-order valence-electron chi connectivity index (χ0n) is 16.3. The Morgan fingerprint density at radius 2 is 1.81 bits per heavy atom. The Labute approximate surface area is 175 Å². The molecule has 0 unspecified atom stereocenters. The van der Waals surface area contributed by atoms with Crippen molar-refractivity contribution in [3.63, 3.8) is 0 Å². The van der Waals surface area contributed by atoms with Crippen LogP contribution in [-0.2, 0) is 6.42 Å². The highest BCUT2D eigenvalue weighted by molar-refractivity contribution is 14.0. The average Bonchev–Trinajstić information content (AvgIpc) is 3.06. The molecule has 0 atom stereocenters. The quantitative estimate of drug-likeness (QED) is 0.215. The van der Waals surface area contributed by atoms with E-state index < -0.39 is 0 Å². The number of para-hydroxylation sites is 1. The normalized spacial score (nSPS) is 11.6. The van der Waals surface area contributed by atoms with E-state index in [-0.39, 0.29) is 24.0 Å². The van der Waals surface area contributed by atoms with Gasteiger partial charge in [-0.3, -0.25) is 4.99 Å². The molecule has 3 N–H and O–H groups in total. The number of aliphatic imine (C=N–C) groups is 1. The molecule has 0 saturated carbocycles. The molecule has 0 aliphatic heterocycles. The summed E-state index contributed by atoms with van der Waals surface area (Å²) >= 11 is 0. The Morgan fingerprint density at radius 1 is 1.08 bits per heavy atom. The molecule has 6 heteroatoms. The molecule has 26 heavy (non-hydrogen) atoms. The number of H-pyrrole nitrogens is 1. The average molecular weight is 471 g/mol. The van der Waals surface area contributed by atoms with E-state index in [1.54, 1.807) is 0 Å². The van der Waals surface area contributed by atoms with E-state index in [9.17, 15) is 0 Å². The molecule has 1 aromatic carbocycles. The maximum atomic E-state index is 4.31. The number of aromatic nitrogens is 1. The van der Waals surface area contributed by atoms with Gasteiger partial charge in [-0.2, -0.15) is 0 Å². The van der Waals surface area contributed by atoms with E-state index in [1.807, 2.05) is 7.05 Å². The van der Waals surface area contributed by atoms with Crippen molar-refractivity contribution in [3.05, 3.63) is 36.0 Å². The minimum atomic E-state index is 0. The first-order chi connectivity index (χ1) is 12.3. The summed E-state index contributed by atoms with van der Waals surface area (Å²) in [6.45, 7) is 9.75. The van der Waals surface area contributed by atoms with Crippen molar-refractivity contribution in [2.75, 3.05) is 39.8 Å². The van der Waals surface area contributed by atoms with Crippen LogP contribution in [0.1, 0.15) is 32.3 Å². The molecule has 2 rings (SSSR count). The molecule has 5 nitrogen and oxygen atoms in total. The lowest BCUT2D eigenvalue weighted by Crippen LogP contribution is -2.38. The zero-order chi connectivity index (χ0) is 17.9. The van der Waals surface area contributed by atoms with Gasteiger partial charge in [-0.15, -0.1) is 24.0 Å². The predicted octanol–water partition coefficient (Wildman–Crippen LogP) is 3.62. The highest BCUT2D eigenvalue weighted by atomic mass is 127. The van der Waals surface area contributed by atoms with Crippen molar-refractivity contribution in [2.24, 2.45) is 4.99 Å². The van der Waals surface area contributed by atoms with E-state index >= 15 is 0 Å². The van der Waals surface area contributed by atoms with Crippen molar-refractivity contribution >= 4 is 40.8 Å². The largest absolute Gasteiger partial charge is 0.361 e. The molecule has 0 aliphatic rings. The van der Waals surface area contributed by atoms with Crippen molar-refractivity contribution in [2.45, 2.75) is 33.1 Å². The van der Waals surface area contributed by atoms with Crippen molar-refractivity contribution in [1.82, 2.24) is 20.5 Å². The summed E-state index contributed by atoms with van der Waals surface area (Å²) in [5, 5.41) is 8.13. The van der Waals surface area contributed by atoms with Crippen LogP contribution in [0.25, 0.3) is 10.9 Å². The van der Waals surface area contributed by atoms with Crippen LogP contribution in [0.2, 0.25) is 0 Å². The summed E-state index contributed by atoms with van der Waals surface area (Å²) in [6, 6.07) is 8.44. The number of aromatic amines is 1. The predicted molar refractivity (Wildman–Crippen MR) is 124 cm³/mol. The number of nitrogens with zero attached hydrogens (tertiary/aromatic N) is 2. The molecule has 0 saturated heterocycles. The number of hydrogen-bond acceptors (Lipinski definition) is 2. The van der Waals surface area contributed by atoms with Crippen LogP contribution in [0.15, 0.2) is 35.5 Å². The Bertz CT molecular complexity index is 648. The van der Waals surface area contributed by atoms with Gasteiger partial charge >= 0.3 is 0 Å². The Balaban J connectivity index is 0.00000338. The molecule has 1 aromatic heterocycles. The van der Waals surface area contributed by atoms with Gasteiger partial charge in [0.15, 0.2) is 5.96 Å². The second-order valence-corrected chi connectivity index (χ2v) is 6.27. The van der Waals surface area contributed by atoms with Crippen molar-refractivity contribution < 1.29 is 0 Å². The summed E-state index contributed by atoms with van der Waals surface area (Å²) < 4.78 is 0. The van der Waals surface area contributed by atoms with Crippen LogP contribution in [0, 0.1) is 0 Å². The maximum absolute atomic E-state index is 4.31. The monoisotopic (exact) mass is 471 g/mol. The molecule has 1 heterocycles. The topological polar surface area (TPSA) is 55.4 Å². The second kappa shape index (κ2) is 13.0. The summed E-state index contributed by atoms with van der Waals surface area (Å²) in [5.41, 5.74) is 2.55. The Hall–Kier alpha value is -1.28. The summed E-state index contributed by atoms with van der Waals surface area (Å²) in [6.07, 6.45) is 5.48. The third-order valence-electron chi connectivity index (χ3n) is 4.67. The van der Waals surface area contributed by atoms with Crippen LogP contribution >= 0.6 is 24.0 Å². The van der Waals surface area contributed by atoms with Crippen LogP contribution in [0.3, 0.4) is 0 Å². The minimum Gasteiger partial charge on any atom is -0.361 e. The third-order valence-corrected chi connectivity index (χ3v) is 4.67. The lowest BCUT2D eigenvalue weighted by molar-refractivity contribution is 0.297. The van der Waals surface area contributed by atoms with E-state index in [2.05, 4.69) is 69.8 Å². The molecule has 0 radical (unpaired) electrons. The van der Waals surface area contributed by atoms with Crippen molar-refractivity contribution in [1.29, 1.82) is 0 Å². The van der Waals surface area contributed by atoms with Crippen LogP contribution in [0.5, 0.6) is 0 Å². The van der Waals surface area contributed by atoms with E-state index in [0.29, 0.717) is 0 Å². The van der Waals surface area contributed by atoms with Crippen LogP contribution in [-0.4, -0.2) is 55.6 Å². The number of hydrogen-bond donors (Lipinski definition) is 3. The van der Waals surface area contributed by atoms with Crippen LogP contribution in [0.4, 0.5) is 0 Å². The molecule has 0 bridgehead atoms. The number of benzene rings is 1. The first kappa shape index (κ1) is 22.8. The SMILES string of the molecule is CCN(CC)CCCCNC(=NC)NCCc1c[nH]c2ccccc12.I. The van der Waals surface area contributed by atoms with Gasteiger partial charge in [-0.05, 0) is 50.5 Å². The van der Waals surface area contributed by atoms with Gasteiger partial charge in [0.25, 0.3) is 0 Å². The lowest BCUT2D eigenvalue weighted by Gasteiger charge is -2.18. The van der Waals surface area contributed by atoms with Crippen molar-refractivity contribution in [3.8, 4) is 0 Å². The summed E-state index contributed by atoms with van der Waals surface area (Å²) in [4.78, 5) is 10.1. The first-order valence-electron chi connectivity index (χ1n) is 9.50. The number of guanidine groups is 1. The molecule has 0 fully saturated rings. The standard InChI is InChI=1S/C20H33N5.HI/c1-4-25(5-2)15-9-8-13-22-20(21-3)23-14-12-17-16-24-19-11-7-6-10-18(17)19;/h6-7,10-11,16,24H,4-5,8-9,12-15H2,1-3H3,(H2,21,22,23);1H. The van der Waals surface area contributed by atoms with Gasteiger partial charge in [0.1, 0.15) is 0 Å². The molecule has 146 valence electrons. The molecule has 2 aromatic rings.